The van der Waals surface area contributed by atoms with Crippen molar-refractivity contribution in [3.05, 3.63) is 51.8 Å². The van der Waals surface area contributed by atoms with Gasteiger partial charge >= 0.3 is 11.7 Å². The second-order valence-corrected chi connectivity index (χ2v) is 5.64. The molecule has 0 amide bonds. The van der Waals surface area contributed by atoms with Gasteiger partial charge in [0.15, 0.2) is 0 Å². The minimum absolute atomic E-state index is 0.0146. The van der Waals surface area contributed by atoms with E-state index in [4.69, 9.17) is 9.57 Å². The van der Waals surface area contributed by atoms with Crippen molar-refractivity contribution in [1.29, 1.82) is 0 Å². The first kappa shape index (κ1) is 16.6. The summed E-state index contributed by atoms with van der Waals surface area (Å²) in [5, 5.41) is 18.4. The molecule has 1 aliphatic rings. The van der Waals surface area contributed by atoms with E-state index in [1.807, 2.05) is 0 Å². The SMILES string of the molecule is COc1ccc(C=NOC(=O)C2CC2)cc1Cn1cc([N+](=O)[O-])cn1. The molecule has 0 bridgehead atoms. The molecule has 9 nitrogen and oxygen atoms in total. The smallest absolute Gasteiger partial charge is 0.338 e. The maximum Gasteiger partial charge on any atom is 0.338 e. The van der Waals surface area contributed by atoms with Crippen molar-refractivity contribution in [2.45, 2.75) is 19.4 Å². The van der Waals surface area contributed by atoms with Crippen LogP contribution in [-0.4, -0.2) is 34.0 Å². The van der Waals surface area contributed by atoms with Gasteiger partial charge in [-0.1, -0.05) is 5.16 Å². The number of aromatic nitrogens is 2. The highest BCUT2D eigenvalue weighted by atomic mass is 16.7. The van der Waals surface area contributed by atoms with Crippen molar-refractivity contribution in [2.24, 2.45) is 11.1 Å². The average molecular weight is 344 g/mol. The lowest BCUT2D eigenvalue weighted by Gasteiger charge is -2.09. The third-order valence-corrected chi connectivity index (χ3v) is 3.72. The number of nitro groups is 1. The van der Waals surface area contributed by atoms with Gasteiger partial charge in [-0.2, -0.15) is 5.10 Å². The van der Waals surface area contributed by atoms with Gasteiger partial charge in [0.2, 0.25) is 0 Å². The van der Waals surface area contributed by atoms with Crippen LogP contribution in [0.5, 0.6) is 5.75 Å². The van der Waals surface area contributed by atoms with Gasteiger partial charge in [0, 0.05) is 5.56 Å². The Kier molecular flexibility index (Phi) is 4.73. The van der Waals surface area contributed by atoms with E-state index >= 15 is 0 Å². The van der Waals surface area contributed by atoms with Gasteiger partial charge in [-0.15, -0.1) is 0 Å². The number of ether oxygens (including phenoxy) is 1. The molecule has 1 aromatic carbocycles. The van der Waals surface area contributed by atoms with Crippen LogP contribution >= 0.6 is 0 Å². The number of carbonyl (C=O) groups is 1. The summed E-state index contributed by atoms with van der Waals surface area (Å²) in [5.41, 5.74) is 1.39. The van der Waals surface area contributed by atoms with E-state index in [-0.39, 0.29) is 17.6 Å². The molecule has 0 aliphatic heterocycles. The third kappa shape index (κ3) is 4.19. The molecule has 3 rings (SSSR count). The number of hydrogen-bond acceptors (Lipinski definition) is 7. The summed E-state index contributed by atoms with van der Waals surface area (Å²) in [6.07, 6.45) is 5.69. The highest BCUT2D eigenvalue weighted by Gasteiger charge is 2.31. The predicted octanol–water partition coefficient (Wildman–Crippen LogP) is 2.14. The van der Waals surface area contributed by atoms with Gasteiger partial charge in [-0.05, 0) is 36.6 Å². The lowest BCUT2D eigenvalue weighted by molar-refractivity contribution is -0.385. The number of methoxy groups -OCH3 is 1. The molecule has 25 heavy (non-hydrogen) atoms. The Morgan fingerprint density at radius 3 is 2.96 bits per heavy atom. The van der Waals surface area contributed by atoms with Gasteiger partial charge < -0.3 is 9.57 Å². The van der Waals surface area contributed by atoms with Crippen molar-refractivity contribution in [3.8, 4) is 5.75 Å². The Balaban J connectivity index is 1.73. The van der Waals surface area contributed by atoms with Crippen LogP contribution in [0.25, 0.3) is 0 Å². The summed E-state index contributed by atoms with van der Waals surface area (Å²) < 4.78 is 6.75. The zero-order valence-corrected chi connectivity index (χ0v) is 13.5. The normalized spacial score (nSPS) is 13.8. The molecule has 0 radical (unpaired) electrons. The third-order valence-electron chi connectivity index (χ3n) is 3.72. The number of oxime groups is 1. The molecule has 1 aromatic heterocycles. The molecule has 130 valence electrons. The molecule has 1 saturated carbocycles. The maximum atomic E-state index is 11.4. The van der Waals surface area contributed by atoms with E-state index in [1.165, 1.54) is 30.4 Å². The molecule has 0 saturated heterocycles. The van der Waals surface area contributed by atoms with Crippen molar-refractivity contribution >= 4 is 17.9 Å². The standard InChI is InChI=1S/C16H16N4O5/c1-24-15-5-2-11(7-18-25-16(21)12-3-4-12)6-13(15)9-19-10-14(8-17-19)20(22)23/h2,5-8,10,12H,3-4,9H2,1H3. The Morgan fingerprint density at radius 1 is 1.52 bits per heavy atom. The zero-order valence-electron chi connectivity index (χ0n) is 13.5. The van der Waals surface area contributed by atoms with Crippen molar-refractivity contribution in [2.75, 3.05) is 7.11 Å². The Hall–Kier alpha value is -3.23. The van der Waals surface area contributed by atoms with E-state index in [1.54, 1.807) is 18.2 Å². The molecule has 2 aromatic rings. The summed E-state index contributed by atoms with van der Waals surface area (Å²) in [4.78, 5) is 26.5. The monoisotopic (exact) mass is 344 g/mol. The van der Waals surface area contributed by atoms with Crippen LogP contribution in [0.4, 0.5) is 5.69 Å². The number of hydrogen-bond donors (Lipinski definition) is 0. The lowest BCUT2D eigenvalue weighted by Crippen LogP contribution is -2.04. The molecule has 0 N–H and O–H groups in total. The van der Waals surface area contributed by atoms with E-state index in [2.05, 4.69) is 10.3 Å². The van der Waals surface area contributed by atoms with E-state index < -0.39 is 4.92 Å². The minimum atomic E-state index is -0.502. The molecule has 0 atom stereocenters. The quantitative estimate of drug-likeness (QED) is 0.329. The zero-order chi connectivity index (χ0) is 17.8. The Labute approximate surface area is 143 Å². The van der Waals surface area contributed by atoms with Crippen LogP contribution in [0.3, 0.4) is 0 Å². The topological polar surface area (TPSA) is 109 Å². The van der Waals surface area contributed by atoms with Crippen molar-refractivity contribution in [1.82, 2.24) is 9.78 Å². The lowest BCUT2D eigenvalue weighted by atomic mass is 10.1. The van der Waals surface area contributed by atoms with Crippen molar-refractivity contribution < 1.29 is 19.3 Å². The molecule has 1 heterocycles. The molecular formula is C16H16N4O5. The van der Waals surface area contributed by atoms with Crippen LogP contribution < -0.4 is 4.74 Å². The second-order valence-electron chi connectivity index (χ2n) is 5.64. The van der Waals surface area contributed by atoms with Crippen LogP contribution in [-0.2, 0) is 16.2 Å². The molecular weight excluding hydrogens is 328 g/mol. The fraction of sp³-hybridized carbons (Fsp3) is 0.312. The van der Waals surface area contributed by atoms with Crippen LogP contribution in [0, 0.1) is 16.0 Å². The maximum absolute atomic E-state index is 11.4. The summed E-state index contributed by atoms with van der Waals surface area (Å²) in [6, 6.07) is 5.31. The molecule has 1 fully saturated rings. The molecule has 0 spiro atoms. The average Bonchev–Trinajstić information content (AvgIpc) is 3.34. The first-order valence-corrected chi connectivity index (χ1v) is 7.65. The van der Waals surface area contributed by atoms with Gasteiger partial charge in [-0.3, -0.25) is 14.8 Å². The largest absolute Gasteiger partial charge is 0.496 e. The first-order valence-electron chi connectivity index (χ1n) is 7.65. The molecule has 0 unspecified atom stereocenters. The van der Waals surface area contributed by atoms with E-state index in [9.17, 15) is 14.9 Å². The fourth-order valence-electron chi connectivity index (χ4n) is 2.24. The van der Waals surface area contributed by atoms with Gasteiger partial charge in [-0.25, -0.2) is 4.79 Å². The number of benzene rings is 1. The van der Waals surface area contributed by atoms with Crippen LogP contribution in [0.15, 0.2) is 35.7 Å². The van der Waals surface area contributed by atoms with Gasteiger partial charge in [0.25, 0.3) is 0 Å². The molecule has 9 heteroatoms. The Bertz CT molecular complexity index is 826. The summed E-state index contributed by atoms with van der Waals surface area (Å²) in [6.45, 7) is 0.292. The summed E-state index contributed by atoms with van der Waals surface area (Å²) in [5.74, 6) is 0.290. The Morgan fingerprint density at radius 2 is 2.32 bits per heavy atom. The van der Waals surface area contributed by atoms with Gasteiger partial charge in [0.05, 0.1) is 30.7 Å². The number of nitrogens with zero attached hydrogens (tertiary/aromatic N) is 4. The van der Waals surface area contributed by atoms with Gasteiger partial charge in [0.1, 0.15) is 18.1 Å². The summed E-state index contributed by atoms with van der Waals surface area (Å²) in [7, 11) is 1.54. The summed E-state index contributed by atoms with van der Waals surface area (Å²) >= 11 is 0. The van der Waals surface area contributed by atoms with Crippen LogP contribution in [0.1, 0.15) is 24.0 Å². The minimum Gasteiger partial charge on any atom is -0.496 e. The highest BCUT2D eigenvalue weighted by Crippen LogP contribution is 2.30. The molecule has 1 aliphatic carbocycles. The number of rotatable bonds is 7. The van der Waals surface area contributed by atoms with Crippen LogP contribution in [0.2, 0.25) is 0 Å². The van der Waals surface area contributed by atoms with E-state index in [0.29, 0.717) is 17.9 Å². The second kappa shape index (κ2) is 7.12. The first-order chi connectivity index (χ1) is 12.1. The van der Waals surface area contributed by atoms with Crippen molar-refractivity contribution in [3.63, 3.8) is 0 Å². The number of carbonyl (C=O) groups excluding carboxylic acids is 1. The fourth-order valence-corrected chi connectivity index (χ4v) is 2.24. The highest BCUT2D eigenvalue weighted by molar-refractivity contribution is 5.81. The predicted molar refractivity (Wildman–Crippen MR) is 87.4 cm³/mol. The van der Waals surface area contributed by atoms with E-state index in [0.717, 1.165) is 18.4 Å².